The fourth-order valence-electron chi connectivity index (χ4n) is 5.40. The number of nitrogens with one attached hydrogen (secondary N) is 2. The molecule has 0 unspecified atom stereocenters. The second-order valence-electron chi connectivity index (χ2n) is 11.4. The van der Waals surface area contributed by atoms with Gasteiger partial charge in [-0.2, -0.15) is 13.2 Å². The van der Waals surface area contributed by atoms with Gasteiger partial charge in [0.15, 0.2) is 0 Å². The van der Waals surface area contributed by atoms with Gasteiger partial charge in [-0.15, -0.1) is 0 Å². The maximum absolute atomic E-state index is 13.6. The Balaban J connectivity index is 1.19. The van der Waals surface area contributed by atoms with Crippen molar-refractivity contribution >= 4 is 34.4 Å². The van der Waals surface area contributed by atoms with E-state index in [9.17, 15) is 27.6 Å². The Hall–Kier alpha value is -6.36. The number of aromatic nitrogens is 2. The fraction of sp³-hybridized carbons (Fsp3) is 0.103. The molecule has 0 aliphatic carbocycles. The Morgan fingerprint density at radius 1 is 0.800 bits per heavy atom. The SMILES string of the molecule is CN(C(=O)c1cccnc1-c1ccc(C(F)(F)F)cc1)c1ccc2cc(C(=O)N[C@H](C(=O)NCc3ccccc3)c3ccccc3)ccc2n1. The van der Waals surface area contributed by atoms with Crippen molar-refractivity contribution in [3.05, 3.63) is 161 Å². The van der Waals surface area contributed by atoms with Gasteiger partial charge in [0.2, 0.25) is 5.91 Å². The second kappa shape index (κ2) is 14.4. The molecule has 0 radical (unpaired) electrons. The number of nitrogens with zero attached hydrogens (tertiary/aromatic N) is 3. The molecule has 2 aromatic heterocycles. The van der Waals surface area contributed by atoms with Crippen LogP contribution in [0.2, 0.25) is 0 Å². The topological polar surface area (TPSA) is 104 Å². The van der Waals surface area contributed by atoms with Gasteiger partial charge in [-0.05, 0) is 65.7 Å². The van der Waals surface area contributed by atoms with Crippen LogP contribution in [0.15, 0.2) is 134 Å². The average Bonchev–Trinajstić information content (AvgIpc) is 3.15. The number of hydrogen-bond donors (Lipinski definition) is 2. The Kier molecular flexibility index (Phi) is 9.66. The lowest BCUT2D eigenvalue weighted by molar-refractivity contribution is -0.137. The number of anilines is 1. The molecule has 0 fully saturated rings. The van der Waals surface area contributed by atoms with Gasteiger partial charge < -0.3 is 10.6 Å². The Morgan fingerprint density at radius 2 is 1.50 bits per heavy atom. The van der Waals surface area contributed by atoms with Gasteiger partial charge in [-0.3, -0.25) is 24.3 Å². The van der Waals surface area contributed by atoms with E-state index >= 15 is 0 Å². The third kappa shape index (κ3) is 7.52. The first-order chi connectivity index (χ1) is 24.1. The number of amides is 3. The number of carbonyl (C=O) groups excluding carboxylic acids is 3. The molecule has 11 heteroatoms. The Labute approximate surface area is 285 Å². The highest BCUT2D eigenvalue weighted by molar-refractivity contribution is 6.09. The molecule has 0 aliphatic rings. The summed E-state index contributed by atoms with van der Waals surface area (Å²) < 4.78 is 39.3. The quantitative estimate of drug-likeness (QED) is 0.167. The predicted octanol–water partition coefficient (Wildman–Crippen LogP) is 7.38. The predicted molar refractivity (Wildman–Crippen MR) is 184 cm³/mol. The summed E-state index contributed by atoms with van der Waals surface area (Å²) >= 11 is 0. The molecule has 50 heavy (non-hydrogen) atoms. The first-order valence-corrected chi connectivity index (χ1v) is 15.6. The van der Waals surface area contributed by atoms with E-state index in [1.807, 2.05) is 36.4 Å². The van der Waals surface area contributed by atoms with Gasteiger partial charge in [-0.1, -0.05) is 72.8 Å². The molecule has 2 N–H and O–H groups in total. The van der Waals surface area contributed by atoms with Crippen molar-refractivity contribution in [2.75, 3.05) is 11.9 Å². The summed E-state index contributed by atoms with van der Waals surface area (Å²) in [7, 11) is 1.54. The number of fused-ring (bicyclic) bond motifs is 1. The number of pyridine rings is 2. The minimum absolute atomic E-state index is 0.185. The summed E-state index contributed by atoms with van der Waals surface area (Å²) in [5.41, 5.74) is 2.34. The number of carbonyl (C=O) groups is 3. The minimum atomic E-state index is -4.49. The maximum atomic E-state index is 13.6. The molecule has 1 atom stereocenters. The summed E-state index contributed by atoms with van der Waals surface area (Å²) in [4.78, 5) is 50.6. The summed E-state index contributed by atoms with van der Waals surface area (Å²) in [5.74, 6) is -0.975. The van der Waals surface area contributed by atoms with Gasteiger partial charge in [-0.25, -0.2) is 4.98 Å². The molecule has 4 aromatic carbocycles. The number of benzene rings is 4. The maximum Gasteiger partial charge on any atom is 0.416 e. The molecule has 0 saturated carbocycles. The molecule has 6 aromatic rings. The van der Waals surface area contributed by atoms with Crippen LogP contribution < -0.4 is 15.5 Å². The van der Waals surface area contributed by atoms with E-state index in [0.29, 0.717) is 40.0 Å². The molecule has 0 spiro atoms. The van der Waals surface area contributed by atoms with Gasteiger partial charge in [0.1, 0.15) is 11.9 Å². The van der Waals surface area contributed by atoms with E-state index < -0.39 is 29.6 Å². The average molecular weight is 674 g/mol. The largest absolute Gasteiger partial charge is 0.416 e. The molecule has 2 heterocycles. The van der Waals surface area contributed by atoms with Crippen molar-refractivity contribution in [2.24, 2.45) is 0 Å². The Bertz CT molecular complexity index is 2160. The van der Waals surface area contributed by atoms with Crippen LogP contribution in [0.4, 0.5) is 19.0 Å². The minimum Gasteiger partial charge on any atom is -0.350 e. The van der Waals surface area contributed by atoms with Crippen LogP contribution in [0.1, 0.15) is 43.4 Å². The molecule has 0 saturated heterocycles. The zero-order valence-corrected chi connectivity index (χ0v) is 26.7. The second-order valence-corrected chi connectivity index (χ2v) is 11.4. The van der Waals surface area contributed by atoms with Crippen LogP contribution in [0.25, 0.3) is 22.2 Å². The van der Waals surface area contributed by atoms with E-state index in [1.165, 1.54) is 30.3 Å². The highest BCUT2D eigenvalue weighted by Crippen LogP contribution is 2.32. The normalized spacial score (nSPS) is 11.8. The van der Waals surface area contributed by atoms with Crippen LogP contribution in [-0.2, 0) is 17.5 Å². The zero-order chi connectivity index (χ0) is 35.3. The molecular formula is C39H30F3N5O3. The highest BCUT2D eigenvalue weighted by Gasteiger charge is 2.30. The zero-order valence-electron chi connectivity index (χ0n) is 26.7. The summed E-state index contributed by atoms with van der Waals surface area (Å²) in [6, 6.07) is 33.3. The molecule has 6 rings (SSSR count). The van der Waals surface area contributed by atoms with E-state index in [4.69, 9.17) is 0 Å². The lowest BCUT2D eigenvalue weighted by Crippen LogP contribution is -2.40. The van der Waals surface area contributed by atoms with Crippen molar-refractivity contribution in [3.63, 3.8) is 0 Å². The lowest BCUT2D eigenvalue weighted by atomic mass is 10.0. The van der Waals surface area contributed by atoms with E-state index in [-0.39, 0.29) is 17.2 Å². The monoisotopic (exact) mass is 673 g/mol. The van der Waals surface area contributed by atoms with Crippen LogP contribution in [0.3, 0.4) is 0 Å². The van der Waals surface area contributed by atoms with Crippen molar-refractivity contribution in [1.29, 1.82) is 0 Å². The van der Waals surface area contributed by atoms with E-state index in [1.54, 1.807) is 66.7 Å². The number of hydrogen-bond acceptors (Lipinski definition) is 5. The summed E-state index contributed by atoms with van der Waals surface area (Å²) in [6.45, 7) is 0.303. The van der Waals surface area contributed by atoms with Gasteiger partial charge >= 0.3 is 6.18 Å². The van der Waals surface area contributed by atoms with E-state index in [0.717, 1.165) is 17.7 Å². The van der Waals surface area contributed by atoms with Crippen LogP contribution in [0, 0.1) is 0 Å². The number of rotatable bonds is 9. The number of alkyl halides is 3. The molecule has 0 aliphatic heterocycles. The van der Waals surface area contributed by atoms with Crippen LogP contribution in [0.5, 0.6) is 0 Å². The summed E-state index contributed by atoms with van der Waals surface area (Å²) in [6.07, 6.45) is -3.03. The molecule has 8 nitrogen and oxygen atoms in total. The van der Waals surface area contributed by atoms with Crippen molar-refractivity contribution in [1.82, 2.24) is 20.6 Å². The van der Waals surface area contributed by atoms with Gasteiger partial charge in [0.25, 0.3) is 11.8 Å². The van der Waals surface area contributed by atoms with Crippen molar-refractivity contribution < 1.29 is 27.6 Å². The summed E-state index contributed by atoms with van der Waals surface area (Å²) in [5, 5.41) is 6.38. The van der Waals surface area contributed by atoms with Gasteiger partial charge in [0.05, 0.1) is 22.3 Å². The third-order valence-corrected chi connectivity index (χ3v) is 8.09. The van der Waals surface area contributed by atoms with Gasteiger partial charge in [0, 0.05) is 36.3 Å². The first-order valence-electron chi connectivity index (χ1n) is 15.6. The van der Waals surface area contributed by atoms with Crippen LogP contribution in [-0.4, -0.2) is 34.7 Å². The lowest BCUT2D eigenvalue weighted by Gasteiger charge is -2.20. The number of halogens is 3. The smallest absolute Gasteiger partial charge is 0.350 e. The third-order valence-electron chi connectivity index (χ3n) is 8.09. The highest BCUT2D eigenvalue weighted by atomic mass is 19.4. The van der Waals surface area contributed by atoms with Crippen molar-refractivity contribution in [3.8, 4) is 11.3 Å². The van der Waals surface area contributed by atoms with E-state index in [2.05, 4.69) is 20.6 Å². The standard InChI is InChI=1S/C39H30F3N5O3/c1-47(38(50)31-13-8-22-43-34(31)27-14-18-30(19-15-27)39(40,41)42)33-21-17-28-23-29(16-20-32(28)45-33)36(48)46-35(26-11-6-3-7-12-26)37(49)44-24-25-9-4-2-5-10-25/h2-23,35H,24H2,1H3,(H,44,49)(H,46,48)/t35-/m0/s1. The van der Waals surface area contributed by atoms with Crippen LogP contribution >= 0.6 is 0 Å². The molecular weight excluding hydrogens is 643 g/mol. The molecule has 0 bridgehead atoms. The first kappa shape index (κ1) is 33.5. The van der Waals surface area contributed by atoms with Crippen molar-refractivity contribution in [2.45, 2.75) is 18.8 Å². The Morgan fingerprint density at radius 3 is 2.20 bits per heavy atom. The fourth-order valence-corrected chi connectivity index (χ4v) is 5.40. The molecule has 3 amide bonds. The molecule has 250 valence electrons.